The van der Waals surface area contributed by atoms with E-state index in [0.717, 1.165) is 85.3 Å². The van der Waals surface area contributed by atoms with Gasteiger partial charge in [-0.15, -0.1) is 0 Å². The van der Waals surface area contributed by atoms with E-state index in [1.807, 2.05) is 20.8 Å². The first-order chi connectivity index (χ1) is 31.4. The summed E-state index contributed by atoms with van der Waals surface area (Å²) in [5, 5.41) is 83.0. The molecule has 13 heteroatoms. The Kier molecular flexibility index (Phi) is 9.00. The number of fused-ring (bicyclic) bond motifs is 16. The van der Waals surface area contributed by atoms with E-state index < -0.39 is 87.2 Å². The Balaban J connectivity index is 0.768. The second-order valence-corrected chi connectivity index (χ2v) is 26.3. The summed E-state index contributed by atoms with van der Waals surface area (Å²) in [5.74, 6) is -1.98. The van der Waals surface area contributed by atoms with E-state index >= 15 is 0 Å². The van der Waals surface area contributed by atoms with Crippen LogP contribution in [0.15, 0.2) is 23.3 Å². The van der Waals surface area contributed by atoms with Gasteiger partial charge in [0, 0.05) is 35.5 Å². The smallest absolute Gasteiger partial charge is 0.201 e. The van der Waals surface area contributed by atoms with Crippen molar-refractivity contribution in [1.29, 1.82) is 0 Å². The maximum absolute atomic E-state index is 12.9. The van der Waals surface area contributed by atoms with Crippen LogP contribution in [-0.2, 0) is 44.6 Å². The minimum Gasteiger partial charge on any atom is -0.393 e. The Morgan fingerprint density at radius 2 is 1.15 bits per heavy atom. The highest BCUT2D eigenvalue weighted by atomic mass is 16.7. The van der Waals surface area contributed by atoms with Gasteiger partial charge in [0.05, 0.1) is 59.4 Å². The summed E-state index contributed by atoms with van der Waals surface area (Å²) in [6, 6.07) is 0. The van der Waals surface area contributed by atoms with E-state index in [1.54, 1.807) is 13.8 Å². The third-order valence-corrected chi connectivity index (χ3v) is 23.5. The Labute approximate surface area is 395 Å². The number of rotatable bonds is 1. The Morgan fingerprint density at radius 3 is 1.63 bits per heavy atom. The fourth-order valence-corrected chi connectivity index (χ4v) is 19.3. The van der Waals surface area contributed by atoms with Crippen molar-refractivity contribution in [3.8, 4) is 0 Å². The van der Waals surface area contributed by atoms with Crippen LogP contribution >= 0.6 is 0 Å². The molecule has 1 aromatic rings. The quantitative estimate of drug-likeness (QED) is 0.196. The van der Waals surface area contributed by atoms with Gasteiger partial charge in [0.25, 0.3) is 0 Å². The lowest BCUT2D eigenvalue weighted by Gasteiger charge is -2.62. The van der Waals surface area contributed by atoms with Crippen molar-refractivity contribution < 1.29 is 54.7 Å². The molecule has 1 aromatic heterocycles. The number of aliphatic hydroxyl groups is 7. The van der Waals surface area contributed by atoms with E-state index in [-0.39, 0.29) is 54.1 Å². The number of aliphatic hydroxyl groups excluding tert-OH is 4. The highest BCUT2D eigenvalue weighted by molar-refractivity contribution is 5.45. The van der Waals surface area contributed by atoms with Crippen molar-refractivity contribution in [2.45, 2.75) is 203 Å². The largest absolute Gasteiger partial charge is 0.393 e. The first-order valence-corrected chi connectivity index (χ1v) is 26.2. The zero-order valence-electron chi connectivity index (χ0n) is 40.9. The fourth-order valence-electron chi connectivity index (χ4n) is 19.3. The number of hydrogen-bond donors (Lipinski definition) is 7. The highest BCUT2D eigenvalue weighted by Crippen LogP contribution is 2.73. The van der Waals surface area contributed by atoms with Gasteiger partial charge < -0.3 is 54.7 Å². The van der Waals surface area contributed by atoms with E-state index in [2.05, 4.69) is 32.9 Å². The van der Waals surface area contributed by atoms with Crippen LogP contribution in [0.1, 0.15) is 136 Å². The van der Waals surface area contributed by atoms with Crippen molar-refractivity contribution >= 4 is 0 Å². The van der Waals surface area contributed by atoms with Crippen molar-refractivity contribution in [2.24, 2.45) is 69.0 Å². The lowest BCUT2D eigenvalue weighted by molar-refractivity contribution is -0.289. The molecular formula is C54H76N2O11. The van der Waals surface area contributed by atoms with Crippen LogP contribution in [0.3, 0.4) is 0 Å². The molecule has 4 saturated carbocycles. The number of aromatic nitrogens is 2. The number of ether oxygens (including phenoxy) is 4. The summed E-state index contributed by atoms with van der Waals surface area (Å²) in [5.41, 5.74) is -0.160. The average molecular weight is 929 g/mol. The fraction of sp³-hybridized carbons (Fsp3) is 0.852. The van der Waals surface area contributed by atoms with Crippen molar-refractivity contribution in [2.75, 3.05) is 13.2 Å². The van der Waals surface area contributed by atoms with Gasteiger partial charge in [0.2, 0.25) is 5.79 Å². The molecular weight excluding hydrogens is 853 g/mol. The molecule has 23 atom stereocenters. The zero-order chi connectivity index (χ0) is 47.2. The normalized spacial score (nSPS) is 59.8. The molecule has 7 N–H and O–H groups in total. The molecule has 0 unspecified atom stereocenters. The Bertz CT molecular complexity index is 2380. The van der Waals surface area contributed by atoms with Gasteiger partial charge in [-0.1, -0.05) is 64.8 Å². The molecule has 0 radical (unpaired) electrons. The standard InChI is InChI=1S/C54H76N2O11/c1-26-51(14-13-45(3,61)25-64-51)65-43-19-34-30-11-9-28-15-36-38(21-47(28,5)32(30)17-40(58)49(34,7)52(26,43)62)55-37-16-29-10-12-31-33(48(29,6)22-39(37)56-36)18-41(59)50(8)35(31)20-44-53(50,63)27(2)54(66-44)42(60)23-46(4,24-57)67-54/h19-20,26-33,40-44,57-63H,9-18,21-25H2,1-8H3/t26-,27+,28+,29+,30-,31-,32+,33+,40-,41-,42-,43+,44+,45+,46+,47+,48+,49-,50-,51-,52-,53-,54+/m1/s1. The monoisotopic (exact) mass is 929 g/mol. The van der Waals surface area contributed by atoms with Crippen LogP contribution < -0.4 is 0 Å². The van der Waals surface area contributed by atoms with Crippen LogP contribution in [0, 0.1) is 69.0 Å². The molecule has 67 heavy (non-hydrogen) atoms. The van der Waals surface area contributed by atoms with Crippen LogP contribution in [-0.4, -0.2) is 123 Å². The molecule has 8 aliphatic carbocycles. The first kappa shape index (κ1) is 45.0. The molecule has 5 heterocycles. The van der Waals surface area contributed by atoms with Crippen molar-refractivity contribution in [1.82, 2.24) is 9.97 Å². The topological polar surface area (TPSA) is 204 Å². The van der Waals surface area contributed by atoms with Gasteiger partial charge >= 0.3 is 0 Å². The van der Waals surface area contributed by atoms with E-state index in [1.165, 1.54) is 0 Å². The molecule has 368 valence electrons. The Morgan fingerprint density at radius 1 is 0.642 bits per heavy atom. The maximum atomic E-state index is 12.9. The van der Waals surface area contributed by atoms with E-state index in [9.17, 15) is 35.7 Å². The SMILES string of the molecule is C[C@@H]1[C@@]2(CC[C@](C)(O)CO2)O[C@H]2C=C3[C@@H]4CC[C@H]5Cc6nc7c(nc6C[C@]5(C)[C@H]4C[C@@H](O)[C@]3(C)[C@]21O)C[C@@H]1CC[C@H]2C3=C[C@@H]4O[C@]5(O[C@](C)(CO)C[C@H]5O)[C@@H](C)[C@]4(O)[C@@]3(C)[C@H](O)C[C@@H]2[C@@]1(C)C7. The molecule has 2 spiro atoms. The summed E-state index contributed by atoms with van der Waals surface area (Å²) in [7, 11) is 0. The number of hydrogen-bond acceptors (Lipinski definition) is 13. The number of nitrogens with zero attached hydrogens (tertiary/aromatic N) is 2. The third kappa shape index (κ3) is 5.11. The van der Waals surface area contributed by atoms with Crippen LogP contribution in [0.25, 0.3) is 0 Å². The molecule has 13 rings (SSSR count). The van der Waals surface area contributed by atoms with Gasteiger partial charge in [0.15, 0.2) is 5.79 Å². The molecule has 4 saturated heterocycles. The van der Waals surface area contributed by atoms with Gasteiger partial charge in [-0.3, -0.25) is 9.97 Å². The summed E-state index contributed by atoms with van der Waals surface area (Å²) in [6.45, 7) is 16.3. The van der Waals surface area contributed by atoms with Gasteiger partial charge in [-0.2, -0.15) is 0 Å². The minimum atomic E-state index is -1.50. The first-order valence-electron chi connectivity index (χ1n) is 26.2. The zero-order valence-corrected chi connectivity index (χ0v) is 40.9. The molecule has 0 amide bonds. The molecule has 4 aliphatic heterocycles. The van der Waals surface area contributed by atoms with Gasteiger partial charge in [-0.25, -0.2) is 0 Å². The lowest BCUT2D eigenvalue weighted by Crippen LogP contribution is -2.65. The highest BCUT2D eigenvalue weighted by Gasteiger charge is 2.80. The third-order valence-electron chi connectivity index (χ3n) is 23.5. The maximum Gasteiger partial charge on any atom is 0.201 e. The van der Waals surface area contributed by atoms with Gasteiger partial charge in [-0.05, 0) is 131 Å². The predicted molar refractivity (Wildman–Crippen MR) is 243 cm³/mol. The van der Waals surface area contributed by atoms with E-state index in [4.69, 9.17) is 28.9 Å². The van der Waals surface area contributed by atoms with Crippen LogP contribution in [0.2, 0.25) is 0 Å². The summed E-state index contributed by atoms with van der Waals surface area (Å²) in [6.07, 6.45) is 9.98. The molecule has 8 fully saturated rings. The summed E-state index contributed by atoms with van der Waals surface area (Å²) < 4.78 is 26.1. The molecule has 13 nitrogen and oxygen atoms in total. The second kappa shape index (κ2) is 13.4. The lowest BCUT2D eigenvalue weighted by atomic mass is 9.44. The van der Waals surface area contributed by atoms with Crippen LogP contribution in [0.4, 0.5) is 0 Å². The van der Waals surface area contributed by atoms with Crippen LogP contribution in [0.5, 0.6) is 0 Å². The van der Waals surface area contributed by atoms with E-state index in [0.29, 0.717) is 37.5 Å². The predicted octanol–water partition coefficient (Wildman–Crippen LogP) is 4.41. The Hall–Kier alpha value is -1.88. The average Bonchev–Trinajstić information content (AvgIpc) is 3.92. The minimum absolute atomic E-state index is 0.0983. The molecule has 12 aliphatic rings. The summed E-state index contributed by atoms with van der Waals surface area (Å²) >= 11 is 0. The van der Waals surface area contributed by atoms with Gasteiger partial charge in [0.1, 0.15) is 29.5 Å². The molecule has 0 bridgehead atoms. The van der Waals surface area contributed by atoms with Crippen molar-refractivity contribution in [3.05, 3.63) is 46.1 Å². The molecule has 0 aromatic carbocycles. The van der Waals surface area contributed by atoms with Crippen molar-refractivity contribution in [3.63, 3.8) is 0 Å². The summed E-state index contributed by atoms with van der Waals surface area (Å²) in [4.78, 5) is 11.2. The second-order valence-electron chi connectivity index (χ2n) is 26.3.